The zero-order valence-electron chi connectivity index (χ0n) is 15.4. The molecule has 3 nitrogen and oxygen atoms in total. The lowest BCUT2D eigenvalue weighted by Gasteiger charge is -2.16. The zero-order valence-corrected chi connectivity index (χ0v) is 15.4. The van der Waals surface area contributed by atoms with E-state index < -0.39 is 11.9 Å². The van der Waals surface area contributed by atoms with Crippen LogP contribution >= 0.6 is 0 Å². The number of ketones is 1. The van der Waals surface area contributed by atoms with E-state index in [9.17, 15) is 14.7 Å². The van der Waals surface area contributed by atoms with E-state index in [4.69, 9.17) is 0 Å². The third-order valence-electron chi connectivity index (χ3n) is 4.55. The fourth-order valence-electron chi connectivity index (χ4n) is 2.97. The summed E-state index contributed by atoms with van der Waals surface area (Å²) in [4.78, 5) is 23.2. The second-order valence-corrected chi connectivity index (χ2v) is 6.77. The van der Waals surface area contributed by atoms with Gasteiger partial charge in [-0.2, -0.15) is 0 Å². The summed E-state index contributed by atoms with van der Waals surface area (Å²) in [7, 11) is 0. The third kappa shape index (κ3) is 13.3. The molecule has 0 bridgehead atoms. The zero-order chi connectivity index (χ0) is 17.3. The van der Waals surface area contributed by atoms with E-state index in [1.807, 2.05) is 0 Å². The van der Waals surface area contributed by atoms with E-state index in [2.05, 4.69) is 13.8 Å². The quantitative estimate of drug-likeness (QED) is 0.285. The lowest BCUT2D eigenvalue weighted by atomic mass is 9.93. The van der Waals surface area contributed by atoms with Gasteiger partial charge in [-0.25, -0.2) is 0 Å². The molecule has 0 aliphatic carbocycles. The van der Waals surface area contributed by atoms with Crippen LogP contribution in [0.25, 0.3) is 0 Å². The van der Waals surface area contributed by atoms with Crippen molar-refractivity contribution in [1.82, 2.24) is 0 Å². The maximum atomic E-state index is 12.1. The van der Waals surface area contributed by atoms with Crippen LogP contribution in [0.4, 0.5) is 0 Å². The van der Waals surface area contributed by atoms with Gasteiger partial charge in [0.05, 0.1) is 11.9 Å². The molecule has 0 aromatic heterocycles. The molecule has 0 aliphatic rings. The lowest BCUT2D eigenvalue weighted by Crippen LogP contribution is -2.36. The molecular formula is C20H37O3-. The standard InChI is InChI=1S/C20H38O3/c1-3-5-7-9-11-13-15-17-19(21)18(20(22)23)16-14-12-10-8-6-4-2/h18H,3-17H2,1-2H3,(H,22,23)/p-1/t18-/m1/s1. The van der Waals surface area contributed by atoms with Crippen LogP contribution in [0, 0.1) is 5.92 Å². The van der Waals surface area contributed by atoms with Crippen LogP contribution in [0.1, 0.15) is 110 Å². The Morgan fingerprint density at radius 3 is 1.61 bits per heavy atom. The van der Waals surface area contributed by atoms with Gasteiger partial charge in [0.1, 0.15) is 5.78 Å². The molecule has 0 aromatic rings. The Morgan fingerprint density at radius 1 is 0.696 bits per heavy atom. The van der Waals surface area contributed by atoms with Gasteiger partial charge in [-0.3, -0.25) is 4.79 Å². The second kappa shape index (κ2) is 16.0. The molecule has 0 fully saturated rings. The Kier molecular flexibility index (Phi) is 15.4. The van der Waals surface area contributed by atoms with E-state index in [-0.39, 0.29) is 5.78 Å². The largest absolute Gasteiger partial charge is 0.549 e. The van der Waals surface area contributed by atoms with Crippen LogP contribution in [0.2, 0.25) is 0 Å². The summed E-state index contributed by atoms with van der Waals surface area (Å²) in [5, 5.41) is 11.2. The average molecular weight is 326 g/mol. The summed E-state index contributed by atoms with van der Waals surface area (Å²) < 4.78 is 0. The molecule has 0 heterocycles. The molecule has 3 heteroatoms. The van der Waals surface area contributed by atoms with Crippen molar-refractivity contribution in [3.8, 4) is 0 Å². The topological polar surface area (TPSA) is 57.2 Å². The molecule has 0 saturated carbocycles. The van der Waals surface area contributed by atoms with Gasteiger partial charge in [0.15, 0.2) is 0 Å². The minimum atomic E-state index is -1.17. The fraction of sp³-hybridized carbons (Fsp3) is 0.900. The number of carbonyl (C=O) groups excluding carboxylic acids is 2. The smallest absolute Gasteiger partial charge is 0.141 e. The molecule has 0 saturated heterocycles. The molecule has 0 rings (SSSR count). The van der Waals surface area contributed by atoms with Gasteiger partial charge in [0.25, 0.3) is 0 Å². The molecule has 136 valence electrons. The van der Waals surface area contributed by atoms with Crippen molar-refractivity contribution in [2.75, 3.05) is 0 Å². The van der Waals surface area contributed by atoms with Crippen molar-refractivity contribution in [2.24, 2.45) is 5.92 Å². The first-order valence-corrected chi connectivity index (χ1v) is 9.87. The van der Waals surface area contributed by atoms with Gasteiger partial charge in [0.2, 0.25) is 0 Å². The van der Waals surface area contributed by atoms with Crippen molar-refractivity contribution >= 4 is 11.8 Å². The van der Waals surface area contributed by atoms with Gasteiger partial charge in [0, 0.05) is 6.42 Å². The number of hydrogen-bond acceptors (Lipinski definition) is 3. The van der Waals surface area contributed by atoms with E-state index >= 15 is 0 Å². The van der Waals surface area contributed by atoms with Crippen molar-refractivity contribution in [3.05, 3.63) is 0 Å². The van der Waals surface area contributed by atoms with Gasteiger partial charge in [-0.15, -0.1) is 0 Å². The highest BCUT2D eigenvalue weighted by molar-refractivity contribution is 5.97. The van der Waals surface area contributed by atoms with E-state index in [0.29, 0.717) is 12.8 Å². The number of rotatable bonds is 17. The van der Waals surface area contributed by atoms with Crippen molar-refractivity contribution in [3.63, 3.8) is 0 Å². The summed E-state index contributed by atoms with van der Waals surface area (Å²) in [6.07, 6.45) is 15.5. The molecule has 0 spiro atoms. The highest BCUT2D eigenvalue weighted by Gasteiger charge is 2.18. The number of carboxylic acid groups (broad SMARTS) is 1. The fourth-order valence-corrected chi connectivity index (χ4v) is 2.97. The van der Waals surface area contributed by atoms with Gasteiger partial charge in [-0.1, -0.05) is 90.9 Å². The number of carboxylic acids is 1. The van der Waals surface area contributed by atoms with Crippen LogP contribution < -0.4 is 5.11 Å². The van der Waals surface area contributed by atoms with Gasteiger partial charge < -0.3 is 9.90 Å². The molecule has 0 unspecified atom stereocenters. The number of aliphatic carboxylic acids is 1. The molecular weight excluding hydrogens is 288 g/mol. The van der Waals surface area contributed by atoms with Gasteiger partial charge >= 0.3 is 0 Å². The Morgan fingerprint density at radius 2 is 1.13 bits per heavy atom. The Balaban J connectivity index is 3.77. The average Bonchev–Trinajstić information content (AvgIpc) is 2.52. The minimum absolute atomic E-state index is 0.118. The SMILES string of the molecule is CCCCCCCCCC(=O)[C@@H](CCCCCCCC)C(=O)[O-]. The monoisotopic (exact) mass is 325 g/mol. The first-order chi connectivity index (χ1) is 11.1. The second-order valence-electron chi connectivity index (χ2n) is 6.77. The number of unbranched alkanes of at least 4 members (excludes halogenated alkanes) is 11. The van der Waals surface area contributed by atoms with E-state index in [1.54, 1.807) is 0 Å². The van der Waals surface area contributed by atoms with Gasteiger partial charge in [-0.05, 0) is 12.8 Å². The van der Waals surface area contributed by atoms with Crippen LogP contribution in [0.5, 0.6) is 0 Å². The highest BCUT2D eigenvalue weighted by atomic mass is 16.4. The molecule has 1 atom stereocenters. The van der Waals surface area contributed by atoms with Crippen molar-refractivity contribution in [1.29, 1.82) is 0 Å². The van der Waals surface area contributed by atoms with Crippen LogP contribution in [-0.4, -0.2) is 11.8 Å². The molecule has 0 amide bonds. The normalized spacial score (nSPS) is 12.3. The first-order valence-electron chi connectivity index (χ1n) is 9.87. The lowest BCUT2D eigenvalue weighted by molar-refractivity contribution is -0.310. The van der Waals surface area contributed by atoms with E-state index in [1.165, 1.54) is 44.9 Å². The molecule has 0 aliphatic heterocycles. The molecule has 0 aromatic carbocycles. The predicted molar refractivity (Wildman–Crippen MR) is 94.1 cm³/mol. The van der Waals surface area contributed by atoms with Crippen molar-refractivity contribution in [2.45, 2.75) is 110 Å². The molecule has 0 radical (unpaired) electrons. The van der Waals surface area contributed by atoms with Crippen molar-refractivity contribution < 1.29 is 14.7 Å². The number of carbonyl (C=O) groups is 2. The number of hydrogen-bond donors (Lipinski definition) is 0. The highest BCUT2D eigenvalue weighted by Crippen LogP contribution is 2.16. The minimum Gasteiger partial charge on any atom is -0.549 e. The first kappa shape index (κ1) is 22.1. The van der Waals surface area contributed by atoms with Crippen LogP contribution in [0.3, 0.4) is 0 Å². The van der Waals surface area contributed by atoms with Crippen LogP contribution in [0.15, 0.2) is 0 Å². The predicted octanol–water partition coefficient (Wildman–Crippen LogP) is 4.81. The maximum Gasteiger partial charge on any atom is 0.141 e. The molecule has 23 heavy (non-hydrogen) atoms. The summed E-state index contributed by atoms with van der Waals surface area (Å²) in [5.74, 6) is -2.17. The number of Topliss-reactive ketones (excluding diaryl/α,β-unsaturated/α-hetero) is 1. The Labute approximate surface area is 143 Å². The Hall–Kier alpha value is -0.860. The van der Waals surface area contributed by atoms with Crippen LogP contribution in [-0.2, 0) is 9.59 Å². The third-order valence-corrected chi connectivity index (χ3v) is 4.55. The summed E-state index contributed by atoms with van der Waals surface area (Å²) in [5.41, 5.74) is 0. The van der Waals surface area contributed by atoms with E-state index in [0.717, 1.165) is 38.5 Å². The summed E-state index contributed by atoms with van der Waals surface area (Å²) in [6.45, 7) is 4.37. The maximum absolute atomic E-state index is 12.1. The Bertz CT molecular complexity index is 299. The summed E-state index contributed by atoms with van der Waals surface area (Å²) in [6, 6.07) is 0. The summed E-state index contributed by atoms with van der Waals surface area (Å²) >= 11 is 0. The molecule has 0 N–H and O–H groups in total.